The number of hydrogen-bond donors (Lipinski definition) is 2. The molecule has 0 saturated carbocycles. The van der Waals surface area contributed by atoms with Crippen LogP contribution in [0.4, 0.5) is 0 Å². The maximum Gasteiger partial charge on any atom is 0.122 e. The van der Waals surface area contributed by atoms with Gasteiger partial charge in [-0.1, -0.05) is 6.07 Å². The molecule has 4 nitrogen and oxygen atoms in total. The standard InChI is InChI=1S/C13H15N3O/c1-14-8-12-11(7-15-16-12)9-2-3-13-10(6-9)4-5-17-13/h2-3,6-7,14H,4-5,8H2,1H3,(H,15,16). The molecule has 2 heterocycles. The Hall–Kier alpha value is -1.81. The molecule has 0 aliphatic carbocycles. The van der Waals surface area contributed by atoms with E-state index in [1.165, 1.54) is 11.1 Å². The zero-order valence-corrected chi connectivity index (χ0v) is 9.79. The minimum atomic E-state index is 0.795. The van der Waals surface area contributed by atoms with E-state index in [0.29, 0.717) is 0 Å². The maximum absolute atomic E-state index is 5.51. The first-order valence-electron chi connectivity index (χ1n) is 5.81. The van der Waals surface area contributed by atoms with Crippen molar-refractivity contribution in [1.29, 1.82) is 0 Å². The van der Waals surface area contributed by atoms with Crippen molar-refractivity contribution in [1.82, 2.24) is 15.5 Å². The predicted molar refractivity (Wildman–Crippen MR) is 66.0 cm³/mol. The van der Waals surface area contributed by atoms with Crippen molar-refractivity contribution in [3.63, 3.8) is 0 Å². The monoisotopic (exact) mass is 229 g/mol. The maximum atomic E-state index is 5.51. The van der Waals surface area contributed by atoms with E-state index in [0.717, 1.165) is 36.6 Å². The summed E-state index contributed by atoms with van der Waals surface area (Å²) >= 11 is 0. The largest absolute Gasteiger partial charge is 0.493 e. The Morgan fingerprint density at radius 3 is 3.29 bits per heavy atom. The molecule has 0 saturated heterocycles. The molecule has 0 atom stereocenters. The fraction of sp³-hybridized carbons (Fsp3) is 0.308. The van der Waals surface area contributed by atoms with Gasteiger partial charge in [0.15, 0.2) is 0 Å². The van der Waals surface area contributed by atoms with Crippen LogP contribution >= 0.6 is 0 Å². The topological polar surface area (TPSA) is 49.9 Å². The molecule has 17 heavy (non-hydrogen) atoms. The predicted octanol–water partition coefficient (Wildman–Crippen LogP) is 1.73. The summed E-state index contributed by atoms with van der Waals surface area (Å²) < 4.78 is 5.51. The van der Waals surface area contributed by atoms with Crippen molar-refractivity contribution in [2.24, 2.45) is 0 Å². The molecule has 4 heteroatoms. The van der Waals surface area contributed by atoms with Gasteiger partial charge in [-0.25, -0.2) is 0 Å². The van der Waals surface area contributed by atoms with Gasteiger partial charge in [-0.05, 0) is 30.3 Å². The summed E-state index contributed by atoms with van der Waals surface area (Å²) in [5.41, 5.74) is 4.77. The van der Waals surface area contributed by atoms with Gasteiger partial charge in [0.1, 0.15) is 5.75 Å². The number of nitrogens with one attached hydrogen (secondary N) is 2. The molecule has 0 amide bonds. The summed E-state index contributed by atoms with van der Waals surface area (Å²) in [4.78, 5) is 0. The lowest BCUT2D eigenvalue weighted by Gasteiger charge is -2.05. The molecule has 88 valence electrons. The van der Waals surface area contributed by atoms with Gasteiger partial charge in [-0.3, -0.25) is 5.10 Å². The van der Waals surface area contributed by atoms with Crippen LogP contribution in [-0.4, -0.2) is 23.9 Å². The Morgan fingerprint density at radius 1 is 1.47 bits per heavy atom. The van der Waals surface area contributed by atoms with E-state index in [4.69, 9.17) is 4.74 Å². The minimum absolute atomic E-state index is 0.795. The van der Waals surface area contributed by atoms with Crippen molar-refractivity contribution >= 4 is 0 Å². The van der Waals surface area contributed by atoms with Crippen LogP contribution in [0, 0.1) is 0 Å². The third-order valence-corrected chi connectivity index (χ3v) is 3.07. The lowest BCUT2D eigenvalue weighted by molar-refractivity contribution is 0.357. The van der Waals surface area contributed by atoms with E-state index in [-0.39, 0.29) is 0 Å². The van der Waals surface area contributed by atoms with Crippen LogP contribution in [0.15, 0.2) is 24.4 Å². The summed E-state index contributed by atoms with van der Waals surface area (Å²) in [6.07, 6.45) is 2.88. The lowest BCUT2D eigenvalue weighted by Crippen LogP contribution is -2.06. The highest BCUT2D eigenvalue weighted by molar-refractivity contribution is 5.67. The Bertz CT molecular complexity index is 533. The van der Waals surface area contributed by atoms with Gasteiger partial charge in [0.05, 0.1) is 18.5 Å². The van der Waals surface area contributed by atoms with Gasteiger partial charge in [-0.15, -0.1) is 0 Å². The van der Waals surface area contributed by atoms with Gasteiger partial charge in [-0.2, -0.15) is 5.10 Å². The van der Waals surface area contributed by atoms with Crippen LogP contribution in [0.5, 0.6) is 5.75 Å². The molecule has 0 radical (unpaired) electrons. The fourth-order valence-electron chi connectivity index (χ4n) is 2.23. The van der Waals surface area contributed by atoms with E-state index in [1.807, 2.05) is 19.3 Å². The number of fused-ring (bicyclic) bond motifs is 1. The number of aromatic amines is 1. The van der Waals surface area contributed by atoms with E-state index in [1.54, 1.807) is 0 Å². The van der Waals surface area contributed by atoms with Gasteiger partial charge < -0.3 is 10.1 Å². The third-order valence-electron chi connectivity index (χ3n) is 3.07. The fourth-order valence-corrected chi connectivity index (χ4v) is 2.23. The highest BCUT2D eigenvalue weighted by Gasteiger charge is 2.14. The Labute approximate surface area is 100 Å². The molecule has 1 aliphatic heterocycles. The molecule has 1 aliphatic rings. The van der Waals surface area contributed by atoms with Crippen molar-refractivity contribution in [3.05, 3.63) is 35.7 Å². The summed E-state index contributed by atoms with van der Waals surface area (Å²) in [6, 6.07) is 6.34. The number of aromatic nitrogens is 2. The number of benzene rings is 1. The molecule has 2 N–H and O–H groups in total. The average Bonchev–Trinajstić information content (AvgIpc) is 2.96. The van der Waals surface area contributed by atoms with Crippen LogP contribution in [0.25, 0.3) is 11.1 Å². The average molecular weight is 229 g/mol. The van der Waals surface area contributed by atoms with E-state index >= 15 is 0 Å². The van der Waals surface area contributed by atoms with Crippen LogP contribution < -0.4 is 10.1 Å². The summed E-state index contributed by atoms with van der Waals surface area (Å²) in [5.74, 6) is 1.02. The molecule has 1 aromatic carbocycles. The molecule has 1 aromatic heterocycles. The minimum Gasteiger partial charge on any atom is -0.493 e. The highest BCUT2D eigenvalue weighted by Crippen LogP contribution is 2.31. The van der Waals surface area contributed by atoms with E-state index in [2.05, 4.69) is 27.6 Å². The summed E-state index contributed by atoms with van der Waals surface area (Å²) in [5, 5.41) is 10.3. The van der Waals surface area contributed by atoms with Crippen molar-refractivity contribution < 1.29 is 4.74 Å². The number of H-pyrrole nitrogens is 1. The van der Waals surface area contributed by atoms with Gasteiger partial charge >= 0.3 is 0 Å². The van der Waals surface area contributed by atoms with Gasteiger partial charge in [0.2, 0.25) is 0 Å². The number of nitrogens with zero attached hydrogens (tertiary/aromatic N) is 1. The van der Waals surface area contributed by atoms with E-state index < -0.39 is 0 Å². The highest BCUT2D eigenvalue weighted by atomic mass is 16.5. The second-order valence-corrected chi connectivity index (χ2v) is 4.21. The van der Waals surface area contributed by atoms with E-state index in [9.17, 15) is 0 Å². The Morgan fingerprint density at radius 2 is 2.41 bits per heavy atom. The molecule has 0 spiro atoms. The second kappa shape index (κ2) is 4.22. The van der Waals surface area contributed by atoms with Crippen LogP contribution in [-0.2, 0) is 13.0 Å². The third kappa shape index (κ3) is 1.80. The first kappa shape index (κ1) is 10.4. The number of ether oxygens (including phenoxy) is 1. The SMILES string of the molecule is CNCc1[nH]ncc1-c1ccc2c(c1)CCO2. The zero-order chi connectivity index (χ0) is 11.7. The summed E-state index contributed by atoms with van der Waals surface area (Å²) in [6.45, 7) is 1.59. The molecule has 0 fully saturated rings. The van der Waals surface area contributed by atoms with Gasteiger partial charge in [0.25, 0.3) is 0 Å². The molecule has 0 unspecified atom stereocenters. The number of rotatable bonds is 3. The Kier molecular flexibility index (Phi) is 2.57. The van der Waals surface area contributed by atoms with Crippen molar-refractivity contribution in [2.45, 2.75) is 13.0 Å². The number of hydrogen-bond acceptors (Lipinski definition) is 3. The lowest BCUT2D eigenvalue weighted by atomic mass is 10.0. The molecular formula is C13H15N3O. The normalized spacial score (nSPS) is 13.5. The first-order valence-corrected chi connectivity index (χ1v) is 5.81. The molecule has 0 bridgehead atoms. The van der Waals surface area contributed by atoms with Crippen molar-refractivity contribution in [3.8, 4) is 16.9 Å². The molecule has 2 aromatic rings. The van der Waals surface area contributed by atoms with Crippen LogP contribution in [0.3, 0.4) is 0 Å². The molecular weight excluding hydrogens is 214 g/mol. The van der Waals surface area contributed by atoms with Crippen LogP contribution in [0.2, 0.25) is 0 Å². The van der Waals surface area contributed by atoms with Crippen LogP contribution in [0.1, 0.15) is 11.3 Å². The quantitative estimate of drug-likeness (QED) is 0.842. The Balaban J connectivity index is 2.00. The van der Waals surface area contributed by atoms with Gasteiger partial charge in [0, 0.05) is 18.5 Å². The first-order chi connectivity index (χ1) is 8.38. The smallest absolute Gasteiger partial charge is 0.122 e. The zero-order valence-electron chi connectivity index (χ0n) is 9.79. The molecule has 3 rings (SSSR count). The second-order valence-electron chi connectivity index (χ2n) is 4.21. The van der Waals surface area contributed by atoms with Crippen molar-refractivity contribution in [2.75, 3.05) is 13.7 Å². The summed E-state index contributed by atoms with van der Waals surface area (Å²) in [7, 11) is 1.93.